The van der Waals surface area contributed by atoms with Gasteiger partial charge in [-0.25, -0.2) is 15.0 Å². The highest BCUT2D eigenvalue weighted by Crippen LogP contribution is 2.32. The van der Waals surface area contributed by atoms with Gasteiger partial charge in [0.1, 0.15) is 29.8 Å². The number of rotatable bonds is 5. The summed E-state index contributed by atoms with van der Waals surface area (Å²) in [5, 5.41) is 22.9. The zero-order chi connectivity index (χ0) is 18.1. The van der Waals surface area contributed by atoms with E-state index in [-0.39, 0.29) is 24.6 Å². The number of hydrogen-bond donors (Lipinski definition) is 4. The molecule has 0 spiro atoms. The van der Waals surface area contributed by atoms with Crippen molar-refractivity contribution < 1.29 is 24.5 Å². The average Bonchev–Trinajstić information content (AvgIpc) is 3.10. The largest absolute Gasteiger partial charge is 0.387 e. The maximum Gasteiger partial charge on any atom is 0.252 e. The Kier molecular flexibility index (Phi) is 4.61. The number of nitrogen functional groups attached to an aromatic ring is 1. The minimum atomic E-state index is -1.45. The molecule has 0 aromatic carbocycles. The number of nitrogens with one attached hydrogen (secondary N) is 1. The Morgan fingerprint density at radius 1 is 1.32 bits per heavy atom. The number of hydrogen-bond acceptors (Lipinski definition) is 9. The minimum absolute atomic E-state index is 0.0757. The van der Waals surface area contributed by atoms with Crippen molar-refractivity contribution in [3.63, 3.8) is 0 Å². The third kappa shape index (κ3) is 3.16. The Morgan fingerprint density at radius 3 is 2.80 bits per heavy atom. The van der Waals surface area contributed by atoms with E-state index in [0.717, 1.165) is 0 Å². The minimum Gasteiger partial charge on any atom is -0.387 e. The van der Waals surface area contributed by atoms with Crippen LogP contribution in [0.4, 0.5) is 5.82 Å². The molecule has 1 saturated heterocycles. The van der Waals surface area contributed by atoms with E-state index in [1.165, 1.54) is 24.1 Å². The van der Waals surface area contributed by atoms with E-state index in [1.807, 2.05) is 0 Å². The topological polar surface area (TPSA) is 165 Å². The Labute approximate surface area is 141 Å². The lowest BCUT2D eigenvalue weighted by Crippen LogP contribution is -2.43. The zero-order valence-electron chi connectivity index (χ0n) is 13.4. The smallest absolute Gasteiger partial charge is 0.252 e. The number of nitrogens with two attached hydrogens (primary N) is 1. The molecule has 0 bridgehead atoms. The van der Waals surface area contributed by atoms with Gasteiger partial charge in [-0.1, -0.05) is 0 Å². The van der Waals surface area contributed by atoms with Crippen LogP contribution in [-0.2, 0) is 14.3 Å². The van der Waals surface area contributed by atoms with Crippen molar-refractivity contribution in [1.29, 1.82) is 0 Å². The molecule has 0 radical (unpaired) electrons. The monoisotopic (exact) mass is 350 g/mol. The summed E-state index contributed by atoms with van der Waals surface area (Å²) < 4.78 is 6.90. The average molecular weight is 350 g/mol. The van der Waals surface area contributed by atoms with Gasteiger partial charge >= 0.3 is 0 Å². The molecule has 3 rings (SSSR count). The number of anilines is 1. The van der Waals surface area contributed by atoms with Crippen LogP contribution in [0.15, 0.2) is 12.7 Å². The predicted octanol–water partition coefficient (Wildman–Crippen LogP) is -1.88. The predicted molar refractivity (Wildman–Crippen MR) is 84.0 cm³/mol. The molecule has 1 aliphatic heterocycles. The third-order valence-corrected chi connectivity index (χ3v) is 3.93. The van der Waals surface area contributed by atoms with Crippen molar-refractivity contribution in [3.8, 4) is 0 Å². The van der Waals surface area contributed by atoms with Crippen molar-refractivity contribution in [1.82, 2.24) is 24.8 Å². The van der Waals surface area contributed by atoms with E-state index in [1.54, 1.807) is 0 Å². The fourth-order valence-corrected chi connectivity index (χ4v) is 2.62. The number of imidazole rings is 1. The van der Waals surface area contributed by atoms with Crippen LogP contribution >= 0.6 is 0 Å². The van der Waals surface area contributed by atoms with Gasteiger partial charge in [-0.2, -0.15) is 0 Å². The van der Waals surface area contributed by atoms with Crippen LogP contribution in [0.25, 0.3) is 11.2 Å². The van der Waals surface area contributed by atoms with Crippen LogP contribution in [-0.4, -0.2) is 66.3 Å². The number of aliphatic hydroxyl groups is 2. The summed E-state index contributed by atoms with van der Waals surface area (Å²) in [6.07, 6.45) is -2.44. The highest BCUT2D eigenvalue weighted by Gasteiger charge is 2.47. The second-order valence-electron chi connectivity index (χ2n) is 5.75. The Hall–Kier alpha value is -2.63. The van der Waals surface area contributed by atoms with E-state index in [9.17, 15) is 19.8 Å². The van der Waals surface area contributed by atoms with E-state index in [4.69, 9.17) is 10.5 Å². The van der Waals surface area contributed by atoms with Crippen LogP contribution in [0.5, 0.6) is 0 Å². The fourth-order valence-electron chi connectivity index (χ4n) is 2.62. The summed E-state index contributed by atoms with van der Waals surface area (Å²) in [5.74, 6) is -0.530. The van der Waals surface area contributed by atoms with Crippen LogP contribution in [0.3, 0.4) is 0 Å². The number of Topliss-reactive ketones (excluding diaryl/α,β-unsaturated/α-hetero) is 1. The van der Waals surface area contributed by atoms with E-state index >= 15 is 0 Å². The first-order valence-electron chi connectivity index (χ1n) is 7.62. The zero-order valence-corrected chi connectivity index (χ0v) is 13.4. The highest BCUT2D eigenvalue weighted by molar-refractivity contribution is 5.83. The van der Waals surface area contributed by atoms with Gasteiger partial charge in [0, 0.05) is 13.0 Å². The van der Waals surface area contributed by atoms with Gasteiger partial charge in [0.15, 0.2) is 23.8 Å². The maximum absolute atomic E-state index is 12.1. The molecular formula is C14H18N6O5. The molecule has 11 heteroatoms. The molecule has 4 unspecified atom stereocenters. The molecule has 5 N–H and O–H groups in total. The summed E-state index contributed by atoms with van der Waals surface area (Å²) in [5.41, 5.74) is 6.34. The summed E-state index contributed by atoms with van der Waals surface area (Å²) in [7, 11) is 0. The second-order valence-corrected chi connectivity index (χ2v) is 5.75. The lowest BCUT2D eigenvalue weighted by molar-refractivity contribution is -0.137. The molecule has 4 atom stereocenters. The van der Waals surface area contributed by atoms with Gasteiger partial charge in [0.25, 0.3) is 5.91 Å². The van der Waals surface area contributed by atoms with Gasteiger partial charge in [0.05, 0.1) is 6.33 Å². The summed E-state index contributed by atoms with van der Waals surface area (Å²) >= 11 is 0. The van der Waals surface area contributed by atoms with E-state index in [2.05, 4.69) is 20.3 Å². The molecule has 2 aromatic rings. The highest BCUT2D eigenvalue weighted by atomic mass is 16.6. The first-order chi connectivity index (χ1) is 11.9. The first-order valence-corrected chi connectivity index (χ1v) is 7.62. The van der Waals surface area contributed by atoms with Gasteiger partial charge < -0.3 is 26.0 Å². The van der Waals surface area contributed by atoms with Crippen molar-refractivity contribution in [2.45, 2.75) is 37.9 Å². The molecular weight excluding hydrogens is 332 g/mol. The quantitative estimate of drug-likeness (QED) is 0.483. The van der Waals surface area contributed by atoms with Crippen LogP contribution in [0.2, 0.25) is 0 Å². The van der Waals surface area contributed by atoms with Crippen molar-refractivity contribution >= 4 is 28.7 Å². The molecule has 25 heavy (non-hydrogen) atoms. The molecule has 0 aliphatic carbocycles. The van der Waals surface area contributed by atoms with E-state index < -0.39 is 30.4 Å². The molecule has 0 saturated carbocycles. The van der Waals surface area contributed by atoms with Gasteiger partial charge in [0.2, 0.25) is 0 Å². The molecule has 1 aliphatic rings. The molecule has 3 heterocycles. The van der Waals surface area contributed by atoms with Gasteiger partial charge in [-0.3, -0.25) is 14.2 Å². The molecule has 1 amide bonds. The van der Waals surface area contributed by atoms with E-state index in [0.29, 0.717) is 11.2 Å². The molecule has 1 fully saturated rings. The maximum atomic E-state index is 12.1. The van der Waals surface area contributed by atoms with Crippen LogP contribution in [0.1, 0.15) is 19.6 Å². The SMILES string of the molecule is CC(=O)CCNC(=O)C1OC(n2cnc3c(N)ncnc32)C(O)C1O. The second kappa shape index (κ2) is 6.70. The number of nitrogens with zero attached hydrogens (tertiary/aromatic N) is 4. The summed E-state index contributed by atoms with van der Waals surface area (Å²) in [6.45, 7) is 1.53. The van der Waals surface area contributed by atoms with Gasteiger partial charge in [-0.15, -0.1) is 0 Å². The number of aromatic nitrogens is 4. The molecule has 134 valence electrons. The number of amides is 1. The Bertz CT molecular complexity index is 808. The van der Waals surface area contributed by atoms with Crippen molar-refractivity contribution in [3.05, 3.63) is 12.7 Å². The number of carbonyl (C=O) groups excluding carboxylic acids is 2. The number of aliphatic hydroxyl groups excluding tert-OH is 2. The summed E-state index contributed by atoms with van der Waals surface area (Å²) in [4.78, 5) is 35.0. The normalized spacial score (nSPS) is 26.0. The van der Waals surface area contributed by atoms with Crippen molar-refractivity contribution in [2.75, 3.05) is 12.3 Å². The third-order valence-electron chi connectivity index (χ3n) is 3.93. The van der Waals surface area contributed by atoms with Crippen LogP contribution in [0, 0.1) is 0 Å². The summed E-state index contributed by atoms with van der Waals surface area (Å²) in [6, 6.07) is 0. The number of ether oxygens (including phenoxy) is 1. The molecule has 11 nitrogen and oxygen atoms in total. The lowest BCUT2D eigenvalue weighted by Gasteiger charge is -2.16. The van der Waals surface area contributed by atoms with Gasteiger partial charge in [-0.05, 0) is 6.92 Å². The number of ketones is 1. The standard InChI is InChI=1S/C14H18N6O5/c1-6(21)2-3-16-13(24)10-8(22)9(23)14(25-10)20-5-19-7-11(15)17-4-18-12(7)20/h4-5,8-10,14,22-23H,2-3H2,1H3,(H,16,24)(H2,15,17,18). The first kappa shape index (κ1) is 17.2. The fraction of sp³-hybridized carbons (Fsp3) is 0.500. The molecule has 2 aromatic heterocycles. The Morgan fingerprint density at radius 2 is 2.08 bits per heavy atom. The number of fused-ring (bicyclic) bond motifs is 1. The van der Waals surface area contributed by atoms with Crippen LogP contribution < -0.4 is 11.1 Å². The Balaban J connectivity index is 1.78. The lowest BCUT2D eigenvalue weighted by atomic mass is 10.1. The van der Waals surface area contributed by atoms with Crippen molar-refractivity contribution in [2.24, 2.45) is 0 Å². The number of carbonyl (C=O) groups is 2.